The molecule has 0 saturated heterocycles. The lowest BCUT2D eigenvalue weighted by Gasteiger charge is -2.23. The van der Waals surface area contributed by atoms with E-state index in [-0.39, 0.29) is 0 Å². The van der Waals surface area contributed by atoms with Crippen molar-refractivity contribution in [3.8, 4) is 0 Å². The highest BCUT2D eigenvalue weighted by Crippen LogP contribution is 2.06. The van der Waals surface area contributed by atoms with Crippen molar-refractivity contribution in [2.24, 2.45) is 11.7 Å². The highest BCUT2D eigenvalue weighted by molar-refractivity contribution is 5.11. The molecule has 0 radical (unpaired) electrons. The summed E-state index contributed by atoms with van der Waals surface area (Å²) in [6.07, 6.45) is 0. The standard InChI is InChI=1S/C14H25N3O/c1-12(2)10-17(7-8-18-3)11-14-6-4-5-13(9-15)16-14/h4-6,12H,7-11,15H2,1-3H3. The fraction of sp³-hybridized carbons (Fsp3) is 0.643. The van der Waals surface area contributed by atoms with Crippen molar-refractivity contribution in [3.05, 3.63) is 29.6 Å². The molecule has 0 aliphatic heterocycles. The Labute approximate surface area is 110 Å². The number of aromatic nitrogens is 1. The molecule has 4 nitrogen and oxygen atoms in total. The first-order chi connectivity index (χ1) is 8.65. The molecule has 0 amide bonds. The molecule has 0 unspecified atom stereocenters. The van der Waals surface area contributed by atoms with Crippen molar-refractivity contribution in [1.29, 1.82) is 0 Å². The zero-order valence-corrected chi connectivity index (χ0v) is 11.7. The van der Waals surface area contributed by atoms with E-state index in [1.165, 1.54) is 0 Å². The van der Waals surface area contributed by atoms with Gasteiger partial charge in [0.2, 0.25) is 0 Å². The fourth-order valence-corrected chi connectivity index (χ4v) is 1.93. The van der Waals surface area contributed by atoms with Crippen molar-refractivity contribution in [2.75, 3.05) is 26.8 Å². The molecular formula is C14H25N3O. The molecule has 0 saturated carbocycles. The fourth-order valence-electron chi connectivity index (χ4n) is 1.93. The molecule has 0 bridgehead atoms. The molecule has 102 valence electrons. The van der Waals surface area contributed by atoms with Gasteiger partial charge in [-0.2, -0.15) is 0 Å². The number of rotatable bonds is 8. The van der Waals surface area contributed by atoms with Gasteiger partial charge in [-0.05, 0) is 18.1 Å². The molecule has 1 rings (SSSR count). The van der Waals surface area contributed by atoms with Crippen LogP contribution in [-0.4, -0.2) is 36.7 Å². The Bertz CT molecular complexity index is 342. The third kappa shape index (κ3) is 5.58. The second kappa shape index (κ2) is 8.19. The molecular weight excluding hydrogens is 226 g/mol. The number of nitrogens with two attached hydrogens (primary N) is 1. The summed E-state index contributed by atoms with van der Waals surface area (Å²) < 4.78 is 5.15. The van der Waals surface area contributed by atoms with Crippen molar-refractivity contribution in [3.63, 3.8) is 0 Å². The molecule has 18 heavy (non-hydrogen) atoms. The Morgan fingerprint density at radius 2 is 2.06 bits per heavy atom. The number of methoxy groups -OCH3 is 1. The molecule has 0 aliphatic carbocycles. The van der Waals surface area contributed by atoms with Crippen LogP contribution in [0.3, 0.4) is 0 Å². The van der Waals surface area contributed by atoms with Crippen molar-refractivity contribution >= 4 is 0 Å². The van der Waals surface area contributed by atoms with E-state index < -0.39 is 0 Å². The Kier molecular flexibility index (Phi) is 6.86. The van der Waals surface area contributed by atoms with Crippen molar-refractivity contribution < 1.29 is 4.74 Å². The summed E-state index contributed by atoms with van der Waals surface area (Å²) in [5, 5.41) is 0. The van der Waals surface area contributed by atoms with Gasteiger partial charge >= 0.3 is 0 Å². The smallest absolute Gasteiger partial charge is 0.0589 e. The van der Waals surface area contributed by atoms with E-state index in [4.69, 9.17) is 10.5 Å². The van der Waals surface area contributed by atoms with Gasteiger partial charge in [-0.3, -0.25) is 9.88 Å². The monoisotopic (exact) mass is 251 g/mol. The second-order valence-electron chi connectivity index (χ2n) is 4.95. The first kappa shape index (κ1) is 15.1. The number of pyridine rings is 1. The van der Waals surface area contributed by atoms with Gasteiger partial charge in [-0.25, -0.2) is 0 Å². The molecule has 1 heterocycles. The van der Waals surface area contributed by atoms with Crippen LogP contribution in [0.15, 0.2) is 18.2 Å². The average molecular weight is 251 g/mol. The van der Waals surface area contributed by atoms with Crippen LogP contribution in [-0.2, 0) is 17.8 Å². The minimum absolute atomic E-state index is 0.496. The van der Waals surface area contributed by atoms with Gasteiger partial charge in [0.1, 0.15) is 0 Å². The minimum atomic E-state index is 0.496. The van der Waals surface area contributed by atoms with Crippen molar-refractivity contribution in [2.45, 2.75) is 26.9 Å². The number of nitrogens with zero attached hydrogens (tertiary/aromatic N) is 2. The quantitative estimate of drug-likeness (QED) is 0.763. The van der Waals surface area contributed by atoms with Gasteiger partial charge in [0, 0.05) is 33.3 Å². The van der Waals surface area contributed by atoms with Gasteiger partial charge < -0.3 is 10.5 Å². The number of hydrogen-bond acceptors (Lipinski definition) is 4. The second-order valence-corrected chi connectivity index (χ2v) is 4.95. The third-order valence-corrected chi connectivity index (χ3v) is 2.69. The maximum Gasteiger partial charge on any atom is 0.0589 e. The zero-order chi connectivity index (χ0) is 13.4. The molecule has 0 aliphatic rings. The molecule has 0 fully saturated rings. The van der Waals surface area contributed by atoms with Gasteiger partial charge in [0.25, 0.3) is 0 Å². The van der Waals surface area contributed by atoms with Gasteiger partial charge in [-0.1, -0.05) is 19.9 Å². The molecule has 4 heteroatoms. The lowest BCUT2D eigenvalue weighted by Crippen LogP contribution is -2.31. The normalized spacial score (nSPS) is 11.4. The van der Waals surface area contributed by atoms with E-state index in [1.54, 1.807) is 7.11 Å². The average Bonchev–Trinajstić information content (AvgIpc) is 2.35. The van der Waals surface area contributed by atoms with E-state index in [9.17, 15) is 0 Å². The van der Waals surface area contributed by atoms with Crippen LogP contribution >= 0.6 is 0 Å². The van der Waals surface area contributed by atoms with E-state index in [0.29, 0.717) is 12.5 Å². The topological polar surface area (TPSA) is 51.4 Å². The van der Waals surface area contributed by atoms with Crippen LogP contribution in [0.2, 0.25) is 0 Å². The summed E-state index contributed by atoms with van der Waals surface area (Å²) in [4.78, 5) is 6.91. The van der Waals surface area contributed by atoms with Gasteiger partial charge in [-0.15, -0.1) is 0 Å². The molecule has 2 N–H and O–H groups in total. The summed E-state index contributed by atoms with van der Waals surface area (Å²) in [6.45, 7) is 8.54. The third-order valence-electron chi connectivity index (χ3n) is 2.69. The van der Waals surface area contributed by atoms with Crippen molar-refractivity contribution in [1.82, 2.24) is 9.88 Å². The van der Waals surface area contributed by atoms with Crippen LogP contribution in [0.1, 0.15) is 25.2 Å². The van der Waals surface area contributed by atoms with E-state index in [0.717, 1.165) is 37.6 Å². The highest BCUT2D eigenvalue weighted by atomic mass is 16.5. The number of ether oxygens (including phenoxy) is 1. The van der Waals surface area contributed by atoms with Gasteiger partial charge in [0.15, 0.2) is 0 Å². The van der Waals surface area contributed by atoms with Gasteiger partial charge in [0.05, 0.1) is 18.0 Å². The van der Waals surface area contributed by atoms with Crippen LogP contribution in [0, 0.1) is 5.92 Å². The summed E-state index contributed by atoms with van der Waals surface area (Å²) >= 11 is 0. The Morgan fingerprint density at radius 3 is 2.67 bits per heavy atom. The highest BCUT2D eigenvalue weighted by Gasteiger charge is 2.09. The van der Waals surface area contributed by atoms with Crippen LogP contribution < -0.4 is 5.73 Å². The predicted molar refractivity (Wildman–Crippen MR) is 74.1 cm³/mol. The summed E-state index contributed by atoms with van der Waals surface area (Å²) in [5.41, 5.74) is 7.64. The Morgan fingerprint density at radius 1 is 1.33 bits per heavy atom. The van der Waals surface area contributed by atoms with Crippen LogP contribution in [0.5, 0.6) is 0 Å². The zero-order valence-electron chi connectivity index (χ0n) is 11.7. The molecule has 0 spiro atoms. The lowest BCUT2D eigenvalue weighted by atomic mass is 10.2. The summed E-state index contributed by atoms with van der Waals surface area (Å²) in [7, 11) is 1.74. The maximum atomic E-state index is 5.61. The van der Waals surface area contributed by atoms with E-state index in [2.05, 4.69) is 29.8 Å². The Hall–Kier alpha value is -0.970. The van der Waals surface area contributed by atoms with Crippen LogP contribution in [0.25, 0.3) is 0 Å². The molecule has 0 aromatic carbocycles. The van der Waals surface area contributed by atoms with E-state index in [1.807, 2.05) is 12.1 Å². The minimum Gasteiger partial charge on any atom is -0.383 e. The Balaban J connectivity index is 2.62. The maximum absolute atomic E-state index is 5.61. The van der Waals surface area contributed by atoms with Crippen LogP contribution in [0.4, 0.5) is 0 Å². The predicted octanol–water partition coefficient (Wildman–Crippen LogP) is 1.64. The lowest BCUT2D eigenvalue weighted by molar-refractivity contribution is 0.135. The number of hydrogen-bond donors (Lipinski definition) is 1. The SMILES string of the molecule is COCCN(Cc1cccc(CN)n1)CC(C)C. The molecule has 1 aromatic heterocycles. The first-order valence-electron chi connectivity index (χ1n) is 6.52. The van der Waals surface area contributed by atoms with E-state index >= 15 is 0 Å². The molecule has 1 aromatic rings. The largest absolute Gasteiger partial charge is 0.383 e. The summed E-state index contributed by atoms with van der Waals surface area (Å²) in [5.74, 6) is 0.638. The molecule has 0 atom stereocenters. The summed E-state index contributed by atoms with van der Waals surface area (Å²) in [6, 6.07) is 6.04. The first-order valence-corrected chi connectivity index (χ1v) is 6.52.